The Morgan fingerprint density at radius 1 is 1.05 bits per heavy atom. The highest BCUT2D eigenvalue weighted by Crippen LogP contribution is 2.38. The van der Waals surface area contributed by atoms with Gasteiger partial charge in [-0.15, -0.1) is 11.3 Å². The van der Waals surface area contributed by atoms with Crippen molar-refractivity contribution in [3.8, 4) is 11.1 Å². The zero-order valence-corrected chi connectivity index (χ0v) is 26.8. The summed E-state index contributed by atoms with van der Waals surface area (Å²) in [7, 11) is 0. The number of fused-ring (bicyclic) bond motifs is 2. The number of carbonyl (C=O) groups excluding carboxylic acids is 2. The summed E-state index contributed by atoms with van der Waals surface area (Å²) in [5, 5.41) is 4.92. The molecule has 2 saturated heterocycles. The molecule has 1 atom stereocenters. The average molecular weight is 634 g/mol. The topological polar surface area (TPSA) is 96.7 Å². The fraction of sp³-hybridized carbons (Fsp3) is 0.469. The van der Waals surface area contributed by atoms with E-state index in [9.17, 15) is 9.59 Å². The van der Waals surface area contributed by atoms with Gasteiger partial charge in [-0.1, -0.05) is 6.07 Å². The molecule has 7 rings (SSSR count). The molecule has 3 aliphatic rings. The molecule has 3 aromatic heterocycles. The van der Waals surface area contributed by atoms with Crippen molar-refractivity contribution in [1.82, 2.24) is 24.6 Å². The second-order valence-electron chi connectivity index (χ2n) is 12.0. The van der Waals surface area contributed by atoms with Crippen LogP contribution in [0.25, 0.3) is 21.3 Å². The predicted octanol–water partition coefficient (Wildman–Crippen LogP) is 5.52. The molecule has 2 fully saturated rings. The molecule has 12 heteroatoms. The summed E-state index contributed by atoms with van der Waals surface area (Å²) < 4.78 is 8.47. The predicted molar refractivity (Wildman–Crippen MR) is 173 cm³/mol. The third kappa shape index (κ3) is 5.24. The number of halogens is 1. The molecule has 0 aliphatic carbocycles. The lowest BCUT2D eigenvalue weighted by Gasteiger charge is -2.34. The van der Waals surface area contributed by atoms with Gasteiger partial charge in [-0.25, -0.2) is 4.98 Å². The molecule has 4 aromatic rings. The van der Waals surface area contributed by atoms with Gasteiger partial charge in [0, 0.05) is 56.6 Å². The van der Waals surface area contributed by atoms with Crippen LogP contribution >= 0.6 is 22.9 Å². The number of rotatable bonds is 4. The molecule has 0 radical (unpaired) electrons. The summed E-state index contributed by atoms with van der Waals surface area (Å²) >= 11 is 7.80. The number of thiophene rings is 1. The second-order valence-corrected chi connectivity index (χ2v) is 13.4. The number of ether oxygens (including phenoxy) is 1. The summed E-state index contributed by atoms with van der Waals surface area (Å²) in [6, 6.07) is 6.80. The maximum atomic E-state index is 13.8. The summed E-state index contributed by atoms with van der Waals surface area (Å²) in [6.07, 6.45) is 7.62. The van der Waals surface area contributed by atoms with Gasteiger partial charge in [0.25, 0.3) is 5.91 Å². The number of nitrogens with zero attached hydrogens (tertiary/aromatic N) is 7. The number of likely N-dealkylation sites (tertiary alicyclic amines) is 1. The molecule has 6 heterocycles. The van der Waals surface area contributed by atoms with Crippen LogP contribution in [0.5, 0.6) is 0 Å². The first-order valence-corrected chi connectivity index (χ1v) is 16.5. The van der Waals surface area contributed by atoms with Gasteiger partial charge in [0.2, 0.25) is 11.2 Å². The van der Waals surface area contributed by atoms with Crippen molar-refractivity contribution in [3.63, 3.8) is 0 Å². The van der Waals surface area contributed by atoms with Gasteiger partial charge in [0.05, 0.1) is 40.5 Å². The van der Waals surface area contributed by atoms with Crippen LogP contribution in [0.15, 0.2) is 30.6 Å². The number of morpholine rings is 1. The summed E-state index contributed by atoms with van der Waals surface area (Å²) in [5.74, 6) is 0.910. The Labute approximate surface area is 265 Å². The van der Waals surface area contributed by atoms with E-state index in [1.165, 1.54) is 16.9 Å². The minimum Gasteiger partial charge on any atom is -0.378 e. The minimum atomic E-state index is 0.0390. The van der Waals surface area contributed by atoms with E-state index in [2.05, 4.69) is 50.9 Å². The molecule has 0 N–H and O–H groups in total. The molecule has 230 valence electrons. The number of anilines is 2. The highest BCUT2D eigenvalue weighted by molar-refractivity contribution is 7.21. The van der Waals surface area contributed by atoms with E-state index in [-0.39, 0.29) is 29.2 Å². The van der Waals surface area contributed by atoms with Gasteiger partial charge in [-0.2, -0.15) is 10.1 Å². The first-order chi connectivity index (χ1) is 21.3. The fourth-order valence-corrected chi connectivity index (χ4v) is 8.21. The summed E-state index contributed by atoms with van der Waals surface area (Å²) in [6.45, 7) is 9.76. The maximum Gasteiger partial charge on any atom is 0.264 e. The normalized spacial score (nSPS) is 19.5. The molecular formula is C32H36ClN7O3S. The van der Waals surface area contributed by atoms with Gasteiger partial charge in [0.15, 0.2) is 5.82 Å². The molecule has 3 aliphatic heterocycles. The van der Waals surface area contributed by atoms with Crippen LogP contribution in [0.2, 0.25) is 5.28 Å². The summed E-state index contributed by atoms with van der Waals surface area (Å²) in [5.41, 5.74) is 6.02. The number of hydrogen-bond donors (Lipinski definition) is 0. The van der Waals surface area contributed by atoms with Crippen LogP contribution in [0.3, 0.4) is 0 Å². The SMILES string of the molecule is CC(=O)N1c2ccc(-c3cnn(C4CCN(C(=O)c5sc6c(N7CCOCC7)nc(Cl)nc6c5C)CC4)c3)cc2CC[C@@H]1C. The lowest BCUT2D eigenvalue weighted by atomic mass is 9.93. The van der Waals surface area contributed by atoms with Crippen molar-refractivity contribution in [2.45, 2.75) is 58.5 Å². The monoisotopic (exact) mass is 633 g/mol. The fourth-order valence-electron chi connectivity index (χ4n) is 6.82. The van der Waals surface area contributed by atoms with Crippen molar-refractivity contribution >= 4 is 56.5 Å². The van der Waals surface area contributed by atoms with Crippen LogP contribution in [-0.2, 0) is 16.0 Å². The van der Waals surface area contributed by atoms with Crippen molar-refractivity contribution in [3.05, 3.63) is 51.9 Å². The Bertz CT molecular complexity index is 1740. The van der Waals surface area contributed by atoms with E-state index < -0.39 is 0 Å². The lowest BCUT2D eigenvalue weighted by molar-refractivity contribution is -0.117. The number of piperidine rings is 1. The molecule has 0 saturated carbocycles. The van der Waals surface area contributed by atoms with E-state index in [0.717, 1.165) is 77.2 Å². The van der Waals surface area contributed by atoms with Crippen molar-refractivity contribution in [2.75, 3.05) is 49.2 Å². The zero-order valence-electron chi connectivity index (χ0n) is 25.3. The van der Waals surface area contributed by atoms with Crippen molar-refractivity contribution in [2.24, 2.45) is 0 Å². The molecule has 2 amide bonds. The number of aromatic nitrogens is 4. The molecular weight excluding hydrogens is 598 g/mol. The highest BCUT2D eigenvalue weighted by Gasteiger charge is 2.30. The van der Waals surface area contributed by atoms with Crippen LogP contribution < -0.4 is 9.80 Å². The van der Waals surface area contributed by atoms with E-state index >= 15 is 0 Å². The van der Waals surface area contributed by atoms with Gasteiger partial charge >= 0.3 is 0 Å². The van der Waals surface area contributed by atoms with E-state index in [0.29, 0.717) is 31.2 Å². The molecule has 1 aromatic carbocycles. The Morgan fingerprint density at radius 3 is 2.57 bits per heavy atom. The number of hydrogen-bond acceptors (Lipinski definition) is 8. The van der Waals surface area contributed by atoms with E-state index in [1.54, 1.807) is 6.92 Å². The third-order valence-corrected chi connectivity index (χ3v) is 10.7. The largest absolute Gasteiger partial charge is 0.378 e. The quantitative estimate of drug-likeness (QED) is 0.273. The van der Waals surface area contributed by atoms with Gasteiger partial charge in [-0.05, 0) is 80.0 Å². The Kier molecular flexibility index (Phi) is 7.80. The van der Waals surface area contributed by atoms with Crippen LogP contribution in [0, 0.1) is 6.92 Å². The maximum absolute atomic E-state index is 13.8. The number of amides is 2. The minimum absolute atomic E-state index is 0.0390. The molecule has 0 spiro atoms. The van der Waals surface area contributed by atoms with Gasteiger partial charge in [-0.3, -0.25) is 14.3 Å². The van der Waals surface area contributed by atoms with Gasteiger partial charge < -0.3 is 19.4 Å². The average Bonchev–Trinajstić information content (AvgIpc) is 3.66. The van der Waals surface area contributed by atoms with E-state index in [1.807, 2.05) is 22.9 Å². The number of aryl methyl sites for hydroxylation is 2. The van der Waals surface area contributed by atoms with Gasteiger partial charge in [0.1, 0.15) is 0 Å². The lowest BCUT2D eigenvalue weighted by Crippen LogP contribution is -2.40. The van der Waals surface area contributed by atoms with Crippen LogP contribution in [-0.4, -0.2) is 81.9 Å². The first-order valence-electron chi connectivity index (χ1n) is 15.3. The standard InChI is InChI=1S/C32H36ClN7O3S/c1-19-4-5-23-16-22(6-7-26(23)40(19)21(3)41)24-17-34-39(18-24)25-8-10-38(11-9-25)31(42)28-20(2)27-29(44-28)30(36-32(33)35-27)37-12-14-43-15-13-37/h6-7,16-19,25H,4-5,8-15H2,1-3H3/t19-/m0/s1. The Morgan fingerprint density at radius 2 is 1.82 bits per heavy atom. The first kappa shape index (κ1) is 29.2. The smallest absolute Gasteiger partial charge is 0.264 e. The zero-order chi connectivity index (χ0) is 30.5. The third-order valence-electron chi connectivity index (χ3n) is 9.24. The molecule has 0 bridgehead atoms. The Hall–Kier alpha value is -3.54. The summed E-state index contributed by atoms with van der Waals surface area (Å²) in [4.78, 5) is 41.8. The van der Waals surface area contributed by atoms with Crippen LogP contribution in [0.1, 0.15) is 60.0 Å². The Balaban J connectivity index is 1.05. The molecule has 44 heavy (non-hydrogen) atoms. The molecule has 0 unspecified atom stereocenters. The van der Waals surface area contributed by atoms with Crippen molar-refractivity contribution < 1.29 is 14.3 Å². The number of carbonyl (C=O) groups is 2. The van der Waals surface area contributed by atoms with Crippen molar-refractivity contribution in [1.29, 1.82) is 0 Å². The molecule has 10 nitrogen and oxygen atoms in total. The highest BCUT2D eigenvalue weighted by atomic mass is 35.5. The number of benzene rings is 1. The van der Waals surface area contributed by atoms with Crippen LogP contribution in [0.4, 0.5) is 11.5 Å². The van der Waals surface area contributed by atoms with E-state index in [4.69, 9.17) is 21.4 Å². The second kappa shape index (κ2) is 11.8.